The van der Waals surface area contributed by atoms with Crippen LogP contribution in [0.5, 0.6) is 5.75 Å². The van der Waals surface area contributed by atoms with Crippen LogP contribution in [0, 0.1) is 0 Å². The number of nitrogens with zero attached hydrogens (tertiary/aromatic N) is 3. The SMILES string of the molecule is CC(C)(C)OC(=O)N1CCC(N2CC[C@H](Oc3ccc(S(C)(=O)=O)nc3)C2=O)CC1. The number of hydrogen-bond donors (Lipinski definition) is 0. The number of likely N-dealkylation sites (tertiary alicyclic amines) is 2. The van der Waals surface area contributed by atoms with Gasteiger partial charge in [-0.05, 0) is 45.7 Å². The van der Waals surface area contributed by atoms with Crippen LogP contribution >= 0.6 is 0 Å². The molecular formula is C20H29N3O6S. The van der Waals surface area contributed by atoms with Crippen molar-refractivity contribution in [2.45, 2.75) is 62.8 Å². The molecule has 2 aliphatic heterocycles. The van der Waals surface area contributed by atoms with Crippen molar-refractivity contribution in [3.63, 3.8) is 0 Å². The summed E-state index contributed by atoms with van der Waals surface area (Å²) in [4.78, 5) is 32.4. The maximum atomic E-state index is 12.8. The summed E-state index contributed by atoms with van der Waals surface area (Å²) in [5.41, 5.74) is -0.530. The highest BCUT2D eigenvalue weighted by Gasteiger charge is 2.39. The highest BCUT2D eigenvalue weighted by atomic mass is 32.2. The van der Waals surface area contributed by atoms with Crippen LogP contribution in [0.4, 0.5) is 4.79 Å². The smallest absolute Gasteiger partial charge is 0.410 e. The van der Waals surface area contributed by atoms with E-state index in [1.165, 1.54) is 18.3 Å². The number of pyridine rings is 1. The number of carbonyl (C=O) groups excluding carboxylic acids is 2. The van der Waals surface area contributed by atoms with Crippen molar-refractivity contribution in [1.82, 2.24) is 14.8 Å². The van der Waals surface area contributed by atoms with E-state index in [1.54, 1.807) is 4.90 Å². The Morgan fingerprint density at radius 2 is 1.80 bits per heavy atom. The van der Waals surface area contributed by atoms with Gasteiger partial charge < -0.3 is 19.3 Å². The van der Waals surface area contributed by atoms with Gasteiger partial charge in [0.15, 0.2) is 21.0 Å². The normalized spacial score (nSPS) is 21.1. The molecule has 0 aliphatic carbocycles. The average molecular weight is 440 g/mol. The predicted octanol–water partition coefficient (Wildman–Crippen LogP) is 1.86. The summed E-state index contributed by atoms with van der Waals surface area (Å²) in [7, 11) is -3.38. The molecule has 0 bridgehead atoms. The first kappa shape index (κ1) is 22.3. The summed E-state index contributed by atoms with van der Waals surface area (Å²) in [5.74, 6) is 0.278. The highest BCUT2D eigenvalue weighted by molar-refractivity contribution is 7.90. The molecule has 0 radical (unpaired) electrons. The molecule has 0 N–H and O–H groups in total. The fraction of sp³-hybridized carbons (Fsp3) is 0.650. The molecule has 10 heteroatoms. The molecule has 2 aliphatic rings. The standard InChI is InChI=1S/C20H29N3O6S/c1-20(2,3)29-19(25)22-10-7-14(8-11-22)23-12-9-16(18(23)24)28-15-5-6-17(21-13-15)30(4,26)27/h5-6,13-14,16H,7-12H2,1-4H3/t16-/m0/s1. The summed E-state index contributed by atoms with van der Waals surface area (Å²) in [6.07, 6.45) is 3.43. The first-order valence-corrected chi connectivity index (χ1v) is 11.9. The zero-order valence-electron chi connectivity index (χ0n) is 17.8. The number of piperidine rings is 1. The Morgan fingerprint density at radius 1 is 1.13 bits per heavy atom. The number of aromatic nitrogens is 1. The van der Waals surface area contributed by atoms with Gasteiger partial charge in [-0.25, -0.2) is 18.2 Å². The molecule has 0 spiro atoms. The topological polar surface area (TPSA) is 106 Å². The Morgan fingerprint density at radius 3 is 2.33 bits per heavy atom. The summed E-state index contributed by atoms with van der Waals surface area (Å²) in [5, 5.41) is -0.0361. The molecule has 3 heterocycles. The largest absolute Gasteiger partial charge is 0.479 e. The van der Waals surface area contributed by atoms with Crippen LogP contribution < -0.4 is 4.74 Å². The van der Waals surface area contributed by atoms with Crippen molar-refractivity contribution in [2.24, 2.45) is 0 Å². The molecule has 1 atom stereocenters. The van der Waals surface area contributed by atoms with Crippen LogP contribution in [0.25, 0.3) is 0 Å². The van der Waals surface area contributed by atoms with E-state index in [0.717, 1.165) is 6.26 Å². The molecule has 2 fully saturated rings. The Bertz CT molecular complexity index is 886. The molecule has 2 saturated heterocycles. The van der Waals surface area contributed by atoms with E-state index in [0.29, 0.717) is 44.6 Å². The highest BCUT2D eigenvalue weighted by Crippen LogP contribution is 2.26. The number of ether oxygens (including phenoxy) is 2. The minimum Gasteiger partial charge on any atom is -0.479 e. The fourth-order valence-electron chi connectivity index (χ4n) is 3.65. The first-order valence-electron chi connectivity index (χ1n) is 10.1. The van der Waals surface area contributed by atoms with Crippen LogP contribution in [0.1, 0.15) is 40.0 Å². The minimum atomic E-state index is -3.38. The lowest BCUT2D eigenvalue weighted by atomic mass is 10.0. The third-order valence-corrected chi connectivity index (χ3v) is 6.12. The van der Waals surface area contributed by atoms with Crippen molar-refractivity contribution in [1.29, 1.82) is 0 Å². The Balaban J connectivity index is 1.53. The van der Waals surface area contributed by atoms with E-state index in [2.05, 4.69) is 4.98 Å². The van der Waals surface area contributed by atoms with Gasteiger partial charge >= 0.3 is 6.09 Å². The second-order valence-electron chi connectivity index (χ2n) is 8.73. The van der Waals surface area contributed by atoms with Gasteiger partial charge in [0.2, 0.25) is 0 Å². The van der Waals surface area contributed by atoms with E-state index < -0.39 is 21.5 Å². The molecule has 3 rings (SSSR count). The second-order valence-corrected chi connectivity index (χ2v) is 10.7. The molecule has 166 valence electrons. The molecule has 2 amide bonds. The van der Waals surface area contributed by atoms with Gasteiger partial charge in [0.05, 0.1) is 6.20 Å². The van der Waals surface area contributed by atoms with Gasteiger partial charge in [-0.2, -0.15) is 0 Å². The molecule has 0 aromatic carbocycles. The molecule has 1 aromatic rings. The zero-order chi connectivity index (χ0) is 22.1. The lowest BCUT2D eigenvalue weighted by Gasteiger charge is -2.37. The van der Waals surface area contributed by atoms with E-state index >= 15 is 0 Å². The third-order valence-electron chi connectivity index (χ3n) is 5.12. The van der Waals surface area contributed by atoms with Crippen LogP contribution in [-0.4, -0.2) is 78.8 Å². The summed E-state index contributed by atoms with van der Waals surface area (Å²) in [6, 6.07) is 2.95. The van der Waals surface area contributed by atoms with Crippen LogP contribution in [-0.2, 0) is 19.4 Å². The number of hydrogen-bond acceptors (Lipinski definition) is 7. The lowest BCUT2D eigenvalue weighted by molar-refractivity contribution is -0.136. The monoisotopic (exact) mass is 439 g/mol. The van der Waals surface area contributed by atoms with E-state index in [1.807, 2.05) is 25.7 Å². The molecule has 0 unspecified atom stereocenters. The zero-order valence-corrected chi connectivity index (χ0v) is 18.6. The summed E-state index contributed by atoms with van der Waals surface area (Å²) >= 11 is 0. The molecular weight excluding hydrogens is 410 g/mol. The van der Waals surface area contributed by atoms with Crippen molar-refractivity contribution in [2.75, 3.05) is 25.9 Å². The van der Waals surface area contributed by atoms with Crippen molar-refractivity contribution in [3.8, 4) is 5.75 Å². The van der Waals surface area contributed by atoms with E-state index in [-0.39, 0.29) is 23.1 Å². The predicted molar refractivity (Wildman–Crippen MR) is 109 cm³/mol. The van der Waals surface area contributed by atoms with Gasteiger partial charge in [0, 0.05) is 38.4 Å². The number of rotatable bonds is 4. The van der Waals surface area contributed by atoms with Gasteiger partial charge in [-0.3, -0.25) is 4.79 Å². The van der Waals surface area contributed by atoms with Crippen molar-refractivity contribution < 1.29 is 27.5 Å². The van der Waals surface area contributed by atoms with Gasteiger partial charge in [0.25, 0.3) is 5.91 Å². The second kappa shape index (κ2) is 8.41. The summed E-state index contributed by atoms with van der Waals surface area (Å²) < 4.78 is 34.2. The number of carbonyl (C=O) groups is 2. The summed E-state index contributed by atoms with van der Waals surface area (Å²) in [6.45, 7) is 7.20. The molecule has 0 saturated carbocycles. The lowest BCUT2D eigenvalue weighted by Crippen LogP contribution is -2.49. The van der Waals surface area contributed by atoms with Crippen molar-refractivity contribution in [3.05, 3.63) is 18.3 Å². The van der Waals surface area contributed by atoms with Gasteiger partial charge in [-0.1, -0.05) is 0 Å². The van der Waals surface area contributed by atoms with Gasteiger partial charge in [0.1, 0.15) is 11.4 Å². The average Bonchev–Trinajstić information content (AvgIpc) is 3.01. The number of sulfone groups is 1. The fourth-order valence-corrected chi connectivity index (χ4v) is 4.21. The maximum absolute atomic E-state index is 12.8. The minimum absolute atomic E-state index is 0.0361. The Kier molecular flexibility index (Phi) is 6.26. The van der Waals surface area contributed by atoms with Crippen LogP contribution in [0.2, 0.25) is 0 Å². The van der Waals surface area contributed by atoms with Gasteiger partial charge in [-0.15, -0.1) is 0 Å². The Labute approximate surface area is 177 Å². The van der Waals surface area contributed by atoms with E-state index in [4.69, 9.17) is 9.47 Å². The van der Waals surface area contributed by atoms with E-state index in [9.17, 15) is 18.0 Å². The number of amides is 2. The van der Waals surface area contributed by atoms with Crippen LogP contribution in [0.15, 0.2) is 23.4 Å². The molecule has 1 aromatic heterocycles. The maximum Gasteiger partial charge on any atom is 0.410 e. The molecule has 9 nitrogen and oxygen atoms in total. The Hall–Kier alpha value is -2.36. The van der Waals surface area contributed by atoms with Crippen molar-refractivity contribution >= 4 is 21.8 Å². The molecule has 30 heavy (non-hydrogen) atoms. The third kappa shape index (κ3) is 5.41. The van der Waals surface area contributed by atoms with Crippen LogP contribution in [0.3, 0.4) is 0 Å². The quantitative estimate of drug-likeness (QED) is 0.705. The first-order chi connectivity index (χ1) is 13.9.